The summed E-state index contributed by atoms with van der Waals surface area (Å²) in [5.41, 5.74) is 0. The van der Waals surface area contributed by atoms with Crippen molar-refractivity contribution in [3.63, 3.8) is 0 Å². The van der Waals surface area contributed by atoms with E-state index in [9.17, 15) is 9.59 Å². The third-order valence-electron chi connectivity index (χ3n) is 4.57. The highest BCUT2D eigenvalue weighted by molar-refractivity contribution is 5.81. The average molecular weight is 413 g/mol. The first kappa shape index (κ1) is 23.3. The lowest BCUT2D eigenvalue weighted by Crippen LogP contribution is -2.39. The fourth-order valence-corrected chi connectivity index (χ4v) is 2.87. The van der Waals surface area contributed by atoms with Crippen molar-refractivity contribution < 1.29 is 19.1 Å². The molecule has 2 atom stereocenters. The predicted octanol–water partition coefficient (Wildman–Crippen LogP) is 3.71. The van der Waals surface area contributed by atoms with Gasteiger partial charge in [-0.1, -0.05) is 50.2 Å². The van der Waals surface area contributed by atoms with Crippen LogP contribution in [0.1, 0.15) is 39.5 Å². The number of carbonyl (C=O) groups is 2. The zero-order valence-electron chi connectivity index (χ0n) is 17.8. The summed E-state index contributed by atoms with van der Waals surface area (Å²) in [5, 5.41) is 5.81. The van der Waals surface area contributed by atoms with Gasteiger partial charge in [-0.2, -0.15) is 0 Å². The van der Waals surface area contributed by atoms with Gasteiger partial charge >= 0.3 is 0 Å². The number of rotatable bonds is 13. The summed E-state index contributed by atoms with van der Waals surface area (Å²) in [5.74, 6) is 1.14. The number of hydrogen-bond acceptors (Lipinski definition) is 4. The molecule has 0 aliphatic carbocycles. The normalized spacial score (nSPS) is 12.5. The number of nitrogens with one attached hydrogen (secondary N) is 2. The van der Waals surface area contributed by atoms with E-state index in [-0.39, 0.29) is 11.8 Å². The van der Waals surface area contributed by atoms with E-state index in [1.165, 1.54) is 0 Å². The number of hydrogen-bond donors (Lipinski definition) is 2. The van der Waals surface area contributed by atoms with Crippen molar-refractivity contribution >= 4 is 11.8 Å². The SMILES string of the molecule is CC[C@H](Oc1ccccc1)C(=O)NCCCCNC(=O)[C@H](CC)Oc1ccccc1. The molecule has 6 heteroatoms. The molecule has 0 fully saturated rings. The summed E-state index contributed by atoms with van der Waals surface area (Å²) in [7, 11) is 0. The molecule has 2 amide bonds. The second-order valence-corrected chi connectivity index (χ2v) is 6.94. The summed E-state index contributed by atoms with van der Waals surface area (Å²) in [6.07, 6.45) is 1.71. The fraction of sp³-hybridized carbons (Fsp3) is 0.417. The second kappa shape index (κ2) is 13.2. The molecule has 0 radical (unpaired) electrons. The molecule has 2 aromatic rings. The lowest BCUT2D eigenvalue weighted by atomic mass is 10.2. The molecule has 2 N–H and O–H groups in total. The molecule has 0 unspecified atom stereocenters. The van der Waals surface area contributed by atoms with Gasteiger partial charge in [0.1, 0.15) is 11.5 Å². The Morgan fingerprint density at radius 3 is 1.40 bits per heavy atom. The molecular formula is C24H32N2O4. The largest absolute Gasteiger partial charge is 0.481 e. The summed E-state index contributed by atoms with van der Waals surface area (Å²) >= 11 is 0. The van der Waals surface area contributed by atoms with Gasteiger partial charge in [-0.25, -0.2) is 0 Å². The Hall–Kier alpha value is -3.02. The molecule has 0 heterocycles. The molecule has 0 spiro atoms. The second-order valence-electron chi connectivity index (χ2n) is 6.94. The van der Waals surface area contributed by atoms with Gasteiger partial charge in [0, 0.05) is 13.1 Å². The van der Waals surface area contributed by atoms with E-state index in [0.717, 1.165) is 12.8 Å². The molecule has 6 nitrogen and oxygen atoms in total. The van der Waals surface area contributed by atoms with Gasteiger partial charge in [-0.05, 0) is 49.9 Å². The molecule has 2 rings (SSSR count). The van der Waals surface area contributed by atoms with E-state index in [0.29, 0.717) is 37.4 Å². The summed E-state index contributed by atoms with van der Waals surface area (Å²) in [6.45, 7) is 4.93. The standard InChI is InChI=1S/C24H32N2O4/c1-3-21(29-19-13-7-5-8-14-19)23(27)25-17-11-12-18-26-24(28)22(4-2)30-20-15-9-6-10-16-20/h5-10,13-16,21-22H,3-4,11-12,17-18H2,1-2H3,(H,25,27)(H,26,28)/t21-,22-/m0/s1. The van der Waals surface area contributed by atoms with Gasteiger partial charge in [-0.3, -0.25) is 9.59 Å². The zero-order valence-corrected chi connectivity index (χ0v) is 17.8. The van der Waals surface area contributed by atoms with Crippen LogP contribution in [0.15, 0.2) is 60.7 Å². The molecule has 2 aromatic carbocycles. The first-order chi connectivity index (χ1) is 14.6. The highest BCUT2D eigenvalue weighted by Crippen LogP contribution is 2.13. The van der Waals surface area contributed by atoms with Crippen LogP contribution in [0.3, 0.4) is 0 Å². The van der Waals surface area contributed by atoms with Crippen LogP contribution in [0.5, 0.6) is 11.5 Å². The first-order valence-electron chi connectivity index (χ1n) is 10.6. The Morgan fingerprint density at radius 1 is 0.700 bits per heavy atom. The van der Waals surface area contributed by atoms with E-state index < -0.39 is 12.2 Å². The maximum absolute atomic E-state index is 12.3. The quantitative estimate of drug-likeness (QED) is 0.492. The Morgan fingerprint density at radius 2 is 1.07 bits per heavy atom. The van der Waals surface area contributed by atoms with E-state index in [2.05, 4.69) is 10.6 Å². The maximum atomic E-state index is 12.3. The van der Waals surface area contributed by atoms with E-state index in [1.807, 2.05) is 74.5 Å². The third-order valence-corrected chi connectivity index (χ3v) is 4.57. The van der Waals surface area contributed by atoms with Gasteiger partial charge in [0.2, 0.25) is 0 Å². The highest BCUT2D eigenvalue weighted by atomic mass is 16.5. The third kappa shape index (κ3) is 8.15. The highest BCUT2D eigenvalue weighted by Gasteiger charge is 2.19. The van der Waals surface area contributed by atoms with Crippen LogP contribution >= 0.6 is 0 Å². The Bertz CT molecular complexity index is 687. The lowest BCUT2D eigenvalue weighted by Gasteiger charge is -2.18. The van der Waals surface area contributed by atoms with Crippen molar-refractivity contribution in [1.29, 1.82) is 0 Å². The monoisotopic (exact) mass is 412 g/mol. The van der Waals surface area contributed by atoms with Crippen LogP contribution in [0.4, 0.5) is 0 Å². The number of ether oxygens (including phenoxy) is 2. The minimum absolute atomic E-state index is 0.118. The van der Waals surface area contributed by atoms with Gasteiger partial charge in [0.05, 0.1) is 0 Å². The van der Waals surface area contributed by atoms with Crippen LogP contribution in [0.25, 0.3) is 0 Å². The molecule has 0 aromatic heterocycles. The van der Waals surface area contributed by atoms with Crippen LogP contribution in [0.2, 0.25) is 0 Å². The first-order valence-corrected chi connectivity index (χ1v) is 10.6. The van der Waals surface area contributed by atoms with Gasteiger partial charge < -0.3 is 20.1 Å². The lowest BCUT2D eigenvalue weighted by molar-refractivity contribution is -0.129. The Labute approximate surface area is 179 Å². The van der Waals surface area contributed by atoms with Crippen molar-refractivity contribution in [1.82, 2.24) is 10.6 Å². The Balaban J connectivity index is 1.62. The van der Waals surface area contributed by atoms with Crippen LogP contribution in [-0.2, 0) is 9.59 Å². The van der Waals surface area contributed by atoms with E-state index >= 15 is 0 Å². The molecule has 0 saturated heterocycles. The topological polar surface area (TPSA) is 76.7 Å². The fourth-order valence-electron chi connectivity index (χ4n) is 2.87. The minimum atomic E-state index is -0.507. The van der Waals surface area contributed by atoms with Crippen molar-refractivity contribution in [2.45, 2.75) is 51.7 Å². The molecule has 162 valence electrons. The zero-order chi connectivity index (χ0) is 21.6. The van der Waals surface area contributed by atoms with Crippen molar-refractivity contribution in [3.05, 3.63) is 60.7 Å². The van der Waals surface area contributed by atoms with Crippen molar-refractivity contribution in [3.8, 4) is 11.5 Å². The summed E-state index contributed by atoms with van der Waals surface area (Å²) in [4.78, 5) is 24.6. The van der Waals surface area contributed by atoms with Gasteiger partial charge in [0.15, 0.2) is 12.2 Å². The Kier molecular flexibility index (Phi) is 10.3. The van der Waals surface area contributed by atoms with E-state index in [4.69, 9.17) is 9.47 Å². The predicted molar refractivity (Wildman–Crippen MR) is 118 cm³/mol. The molecule has 0 aliphatic heterocycles. The number of carbonyl (C=O) groups excluding carboxylic acids is 2. The van der Waals surface area contributed by atoms with Gasteiger partial charge in [-0.15, -0.1) is 0 Å². The molecular weight excluding hydrogens is 380 g/mol. The maximum Gasteiger partial charge on any atom is 0.261 e. The molecule has 30 heavy (non-hydrogen) atoms. The minimum Gasteiger partial charge on any atom is -0.481 e. The van der Waals surface area contributed by atoms with Crippen LogP contribution in [-0.4, -0.2) is 37.1 Å². The van der Waals surface area contributed by atoms with Crippen LogP contribution < -0.4 is 20.1 Å². The van der Waals surface area contributed by atoms with Crippen LogP contribution in [0, 0.1) is 0 Å². The molecule has 0 aliphatic rings. The van der Waals surface area contributed by atoms with Crippen molar-refractivity contribution in [2.75, 3.05) is 13.1 Å². The number of amides is 2. The van der Waals surface area contributed by atoms with E-state index in [1.54, 1.807) is 0 Å². The summed E-state index contributed by atoms with van der Waals surface area (Å²) < 4.78 is 11.5. The van der Waals surface area contributed by atoms with Crippen molar-refractivity contribution in [2.24, 2.45) is 0 Å². The number of benzene rings is 2. The smallest absolute Gasteiger partial charge is 0.261 e. The molecule has 0 bridgehead atoms. The number of unbranched alkanes of at least 4 members (excludes halogenated alkanes) is 1. The summed E-state index contributed by atoms with van der Waals surface area (Å²) in [6, 6.07) is 18.7. The van der Waals surface area contributed by atoms with Gasteiger partial charge in [0.25, 0.3) is 11.8 Å². The molecule has 0 saturated carbocycles. The number of para-hydroxylation sites is 2. The average Bonchev–Trinajstić information content (AvgIpc) is 2.79.